The maximum absolute atomic E-state index is 12.6. The predicted molar refractivity (Wildman–Crippen MR) is 149 cm³/mol. The number of methoxy groups -OCH3 is 1. The van der Waals surface area contributed by atoms with Crippen molar-refractivity contribution in [2.24, 2.45) is 5.10 Å². The molecular weight excluding hydrogens is 572 g/mol. The van der Waals surface area contributed by atoms with Crippen LogP contribution in [0.3, 0.4) is 0 Å². The third-order valence-corrected chi connectivity index (χ3v) is 6.05. The average Bonchev–Trinajstić information content (AvgIpc) is 2.94. The Kier molecular flexibility index (Phi) is 9.13. The number of esters is 1. The molecule has 0 aliphatic carbocycles. The maximum atomic E-state index is 12.6. The average molecular weight is 594 g/mol. The van der Waals surface area contributed by atoms with Crippen LogP contribution in [-0.4, -0.2) is 25.2 Å². The third kappa shape index (κ3) is 7.44. The van der Waals surface area contributed by atoms with Gasteiger partial charge in [0.25, 0.3) is 5.91 Å². The normalized spacial score (nSPS) is 10.7. The van der Waals surface area contributed by atoms with Crippen LogP contribution in [0.1, 0.15) is 31.8 Å². The fourth-order valence-corrected chi connectivity index (χ4v) is 3.78. The molecule has 0 spiro atoms. The van der Waals surface area contributed by atoms with Crippen molar-refractivity contribution in [1.82, 2.24) is 5.43 Å². The third-order valence-electron chi connectivity index (χ3n) is 5.31. The van der Waals surface area contributed by atoms with Crippen LogP contribution in [0.15, 0.2) is 101 Å². The molecule has 0 atom stereocenters. The quantitative estimate of drug-likeness (QED) is 0.101. The molecule has 1 N–H and O–H groups in total. The predicted octanol–water partition coefficient (Wildman–Crippen LogP) is 6.67. The van der Waals surface area contributed by atoms with Crippen LogP contribution < -0.4 is 19.6 Å². The zero-order valence-corrected chi connectivity index (χ0v) is 22.5. The topological polar surface area (TPSA) is 86.2 Å². The van der Waals surface area contributed by atoms with Crippen LogP contribution in [0.2, 0.25) is 5.02 Å². The smallest absolute Gasteiger partial charge is 0.343 e. The van der Waals surface area contributed by atoms with Gasteiger partial charge < -0.3 is 14.2 Å². The molecule has 0 heterocycles. The fraction of sp³-hybridized carbons (Fsp3) is 0.0690. The van der Waals surface area contributed by atoms with Crippen molar-refractivity contribution >= 4 is 45.6 Å². The Morgan fingerprint density at radius 2 is 1.55 bits per heavy atom. The standard InChI is InChI=1S/C29H22BrClN2O5/c1-36-25-11-6-21(7-12-25)29(35)38-27-15-8-23(30)16-22(27)17-32-33-28(34)20-4-13-26(14-5-20)37-18-19-2-9-24(31)10-3-19/h2-17H,18H2,1H3,(H,33,34). The van der Waals surface area contributed by atoms with Gasteiger partial charge in [-0.25, -0.2) is 10.2 Å². The van der Waals surface area contributed by atoms with Crippen LogP contribution in [0, 0.1) is 0 Å². The molecule has 0 aliphatic heterocycles. The number of carbonyl (C=O) groups excluding carboxylic acids is 2. The van der Waals surface area contributed by atoms with Gasteiger partial charge in [0, 0.05) is 20.6 Å². The molecule has 0 saturated carbocycles. The van der Waals surface area contributed by atoms with Crippen molar-refractivity contribution in [2.75, 3.05) is 7.11 Å². The molecule has 4 aromatic rings. The summed E-state index contributed by atoms with van der Waals surface area (Å²) >= 11 is 9.30. The molecular formula is C29H22BrClN2O5. The molecule has 4 aromatic carbocycles. The molecule has 0 unspecified atom stereocenters. The van der Waals surface area contributed by atoms with Gasteiger partial charge in [-0.05, 0) is 84.4 Å². The van der Waals surface area contributed by atoms with E-state index in [0.717, 1.165) is 10.0 Å². The van der Waals surface area contributed by atoms with Crippen molar-refractivity contribution in [3.63, 3.8) is 0 Å². The minimum Gasteiger partial charge on any atom is -0.497 e. The van der Waals surface area contributed by atoms with E-state index in [2.05, 4.69) is 26.5 Å². The molecule has 0 radical (unpaired) electrons. The van der Waals surface area contributed by atoms with Crippen LogP contribution in [0.4, 0.5) is 0 Å². The number of nitrogens with one attached hydrogen (secondary N) is 1. The number of benzene rings is 4. The van der Waals surface area contributed by atoms with Gasteiger partial charge in [0.05, 0.1) is 18.9 Å². The lowest BCUT2D eigenvalue weighted by atomic mass is 10.2. The summed E-state index contributed by atoms with van der Waals surface area (Å²) < 4.78 is 17.2. The Balaban J connectivity index is 1.36. The Labute approximate surface area is 233 Å². The lowest BCUT2D eigenvalue weighted by Gasteiger charge is -2.09. The monoisotopic (exact) mass is 592 g/mol. The summed E-state index contributed by atoms with van der Waals surface area (Å²) in [5.74, 6) is 0.602. The van der Waals surface area contributed by atoms with Crippen LogP contribution in [0.25, 0.3) is 0 Å². The number of amides is 1. The van der Waals surface area contributed by atoms with Crippen molar-refractivity contribution in [3.8, 4) is 17.2 Å². The number of rotatable bonds is 9. The zero-order chi connectivity index (χ0) is 26.9. The molecule has 0 bridgehead atoms. The molecule has 0 aromatic heterocycles. The van der Waals surface area contributed by atoms with E-state index >= 15 is 0 Å². The van der Waals surface area contributed by atoms with Crippen molar-refractivity contribution < 1.29 is 23.8 Å². The molecule has 7 nitrogen and oxygen atoms in total. The summed E-state index contributed by atoms with van der Waals surface area (Å²) in [6.07, 6.45) is 1.41. The number of hydrazone groups is 1. The number of carbonyl (C=O) groups is 2. The fourth-order valence-electron chi connectivity index (χ4n) is 3.27. The van der Waals surface area contributed by atoms with Gasteiger partial charge in [0.1, 0.15) is 23.9 Å². The van der Waals surface area contributed by atoms with E-state index in [1.54, 1.807) is 86.0 Å². The van der Waals surface area contributed by atoms with Crippen molar-refractivity contribution in [1.29, 1.82) is 0 Å². The van der Waals surface area contributed by atoms with Gasteiger partial charge >= 0.3 is 5.97 Å². The van der Waals surface area contributed by atoms with E-state index in [4.69, 9.17) is 25.8 Å². The molecule has 9 heteroatoms. The summed E-state index contributed by atoms with van der Waals surface area (Å²) in [7, 11) is 1.55. The first-order chi connectivity index (χ1) is 18.4. The summed E-state index contributed by atoms with van der Waals surface area (Å²) in [6.45, 7) is 0.380. The minimum absolute atomic E-state index is 0.286. The highest BCUT2D eigenvalue weighted by atomic mass is 79.9. The SMILES string of the molecule is COc1ccc(C(=O)Oc2ccc(Br)cc2C=NNC(=O)c2ccc(OCc3ccc(Cl)cc3)cc2)cc1. The van der Waals surface area contributed by atoms with Gasteiger partial charge in [-0.3, -0.25) is 4.79 Å². The van der Waals surface area contributed by atoms with Crippen molar-refractivity contribution in [2.45, 2.75) is 6.61 Å². The molecule has 4 rings (SSSR count). The lowest BCUT2D eigenvalue weighted by molar-refractivity contribution is 0.0734. The zero-order valence-electron chi connectivity index (χ0n) is 20.2. The van der Waals surface area contributed by atoms with Gasteiger partial charge in [-0.15, -0.1) is 0 Å². The van der Waals surface area contributed by atoms with Crippen LogP contribution in [-0.2, 0) is 6.61 Å². The first-order valence-corrected chi connectivity index (χ1v) is 12.5. The van der Waals surface area contributed by atoms with Gasteiger partial charge in [-0.2, -0.15) is 5.10 Å². The number of hydrogen-bond donors (Lipinski definition) is 1. The van der Waals surface area contributed by atoms with Gasteiger partial charge in [0.2, 0.25) is 0 Å². The van der Waals surface area contributed by atoms with E-state index in [1.807, 2.05) is 12.1 Å². The molecule has 0 fully saturated rings. The second-order valence-corrected chi connectivity index (χ2v) is 9.29. The molecule has 38 heavy (non-hydrogen) atoms. The van der Waals surface area contributed by atoms with E-state index < -0.39 is 11.9 Å². The number of hydrogen-bond acceptors (Lipinski definition) is 6. The molecule has 192 valence electrons. The largest absolute Gasteiger partial charge is 0.497 e. The molecule has 0 saturated heterocycles. The van der Waals surface area contributed by atoms with E-state index in [1.165, 1.54) is 6.21 Å². The Bertz CT molecular complexity index is 1440. The van der Waals surface area contributed by atoms with E-state index in [0.29, 0.717) is 39.8 Å². The van der Waals surface area contributed by atoms with Gasteiger partial charge in [-0.1, -0.05) is 39.7 Å². The first kappa shape index (κ1) is 26.9. The highest BCUT2D eigenvalue weighted by Crippen LogP contribution is 2.23. The second-order valence-electron chi connectivity index (χ2n) is 7.94. The Morgan fingerprint density at radius 1 is 0.895 bits per heavy atom. The minimum atomic E-state index is -0.535. The summed E-state index contributed by atoms with van der Waals surface area (Å²) in [5.41, 5.74) is 4.72. The summed E-state index contributed by atoms with van der Waals surface area (Å²) in [6, 6.07) is 25.8. The highest BCUT2D eigenvalue weighted by molar-refractivity contribution is 9.10. The second kappa shape index (κ2) is 12.9. The Hall–Kier alpha value is -4.14. The van der Waals surface area contributed by atoms with E-state index in [9.17, 15) is 9.59 Å². The van der Waals surface area contributed by atoms with Crippen molar-refractivity contribution in [3.05, 3.63) is 123 Å². The highest BCUT2D eigenvalue weighted by Gasteiger charge is 2.12. The number of halogens is 2. The molecule has 1 amide bonds. The number of nitrogens with zero attached hydrogens (tertiary/aromatic N) is 1. The lowest BCUT2D eigenvalue weighted by Crippen LogP contribution is -2.17. The first-order valence-electron chi connectivity index (χ1n) is 11.4. The maximum Gasteiger partial charge on any atom is 0.343 e. The number of ether oxygens (including phenoxy) is 3. The van der Waals surface area contributed by atoms with Crippen LogP contribution >= 0.6 is 27.5 Å². The summed E-state index contributed by atoms with van der Waals surface area (Å²) in [4.78, 5) is 25.1. The van der Waals surface area contributed by atoms with Crippen LogP contribution in [0.5, 0.6) is 17.2 Å². The van der Waals surface area contributed by atoms with E-state index in [-0.39, 0.29) is 5.75 Å². The summed E-state index contributed by atoms with van der Waals surface area (Å²) in [5, 5.41) is 4.70. The molecule has 0 aliphatic rings. The Morgan fingerprint density at radius 3 is 2.24 bits per heavy atom. The van der Waals surface area contributed by atoms with Gasteiger partial charge in [0.15, 0.2) is 0 Å².